The molecule has 3 heteroatoms. The normalized spacial score (nSPS) is 22.5. The molecule has 1 aliphatic heterocycles. The van der Waals surface area contributed by atoms with E-state index in [0.717, 1.165) is 13.0 Å². The van der Waals surface area contributed by atoms with E-state index in [9.17, 15) is 0 Å². The monoisotopic (exact) mass is 288 g/mol. The molecule has 3 rings (SSSR count). The SMILES string of the molecule is c1ccc(S[C@@H]2CCO[C@H]2Sc2ccccc2)cc1. The van der Waals surface area contributed by atoms with Crippen molar-refractivity contribution >= 4 is 23.5 Å². The maximum atomic E-state index is 5.88. The molecule has 2 atom stereocenters. The van der Waals surface area contributed by atoms with Crippen molar-refractivity contribution in [1.82, 2.24) is 0 Å². The number of hydrogen-bond donors (Lipinski definition) is 0. The first kappa shape index (κ1) is 13.1. The fraction of sp³-hybridized carbons (Fsp3) is 0.250. The molecule has 2 aromatic carbocycles. The van der Waals surface area contributed by atoms with E-state index in [0.29, 0.717) is 5.25 Å². The molecule has 0 saturated carbocycles. The van der Waals surface area contributed by atoms with E-state index < -0.39 is 0 Å². The van der Waals surface area contributed by atoms with Crippen LogP contribution in [0.2, 0.25) is 0 Å². The van der Waals surface area contributed by atoms with Crippen LogP contribution in [0.25, 0.3) is 0 Å². The van der Waals surface area contributed by atoms with Gasteiger partial charge >= 0.3 is 0 Å². The van der Waals surface area contributed by atoms with Crippen LogP contribution in [0, 0.1) is 0 Å². The van der Waals surface area contributed by atoms with Gasteiger partial charge in [0.15, 0.2) is 0 Å². The van der Waals surface area contributed by atoms with Crippen molar-refractivity contribution in [3.63, 3.8) is 0 Å². The summed E-state index contributed by atoms with van der Waals surface area (Å²) in [4.78, 5) is 2.62. The zero-order valence-corrected chi connectivity index (χ0v) is 12.2. The maximum absolute atomic E-state index is 5.88. The maximum Gasteiger partial charge on any atom is 0.119 e. The molecular weight excluding hydrogens is 272 g/mol. The van der Waals surface area contributed by atoms with Crippen LogP contribution < -0.4 is 0 Å². The fourth-order valence-corrected chi connectivity index (χ4v) is 4.51. The van der Waals surface area contributed by atoms with Gasteiger partial charge in [0.05, 0.1) is 0 Å². The first-order valence-electron chi connectivity index (χ1n) is 6.47. The summed E-state index contributed by atoms with van der Waals surface area (Å²) in [5.41, 5.74) is 0.257. The molecule has 19 heavy (non-hydrogen) atoms. The summed E-state index contributed by atoms with van der Waals surface area (Å²) in [6.45, 7) is 0.870. The van der Waals surface area contributed by atoms with Gasteiger partial charge in [-0.3, -0.25) is 0 Å². The predicted molar refractivity (Wildman–Crippen MR) is 82.7 cm³/mol. The van der Waals surface area contributed by atoms with Gasteiger partial charge in [-0.15, -0.1) is 11.8 Å². The molecule has 1 aliphatic rings. The third-order valence-electron chi connectivity index (χ3n) is 3.01. The summed E-state index contributed by atoms with van der Waals surface area (Å²) in [5.74, 6) is 0. The second-order valence-electron chi connectivity index (χ2n) is 4.43. The molecule has 0 bridgehead atoms. The Morgan fingerprint density at radius 2 is 1.37 bits per heavy atom. The fourth-order valence-electron chi connectivity index (χ4n) is 2.08. The van der Waals surface area contributed by atoms with E-state index >= 15 is 0 Å². The van der Waals surface area contributed by atoms with E-state index in [2.05, 4.69) is 60.7 Å². The average molecular weight is 288 g/mol. The number of benzene rings is 2. The minimum absolute atomic E-state index is 0.257. The Kier molecular flexibility index (Phi) is 4.49. The van der Waals surface area contributed by atoms with Crippen LogP contribution in [0.5, 0.6) is 0 Å². The summed E-state index contributed by atoms with van der Waals surface area (Å²) >= 11 is 3.77. The van der Waals surface area contributed by atoms with E-state index in [-0.39, 0.29) is 5.44 Å². The van der Waals surface area contributed by atoms with E-state index in [1.165, 1.54) is 9.79 Å². The topological polar surface area (TPSA) is 9.23 Å². The lowest BCUT2D eigenvalue weighted by Crippen LogP contribution is -2.13. The van der Waals surface area contributed by atoms with E-state index in [1.807, 2.05) is 23.5 Å². The molecule has 1 heterocycles. The second-order valence-corrected chi connectivity index (χ2v) is 6.91. The molecule has 0 radical (unpaired) electrons. The van der Waals surface area contributed by atoms with Crippen LogP contribution in [-0.4, -0.2) is 17.3 Å². The molecule has 0 aromatic heterocycles. The lowest BCUT2D eigenvalue weighted by Gasteiger charge is -2.17. The van der Waals surface area contributed by atoms with Crippen molar-refractivity contribution in [2.45, 2.75) is 26.9 Å². The van der Waals surface area contributed by atoms with Gasteiger partial charge in [0, 0.05) is 21.6 Å². The van der Waals surface area contributed by atoms with Gasteiger partial charge in [-0.05, 0) is 30.7 Å². The van der Waals surface area contributed by atoms with Crippen LogP contribution in [-0.2, 0) is 4.74 Å². The number of rotatable bonds is 4. The van der Waals surface area contributed by atoms with Gasteiger partial charge in [0.25, 0.3) is 0 Å². The minimum Gasteiger partial charge on any atom is -0.366 e. The second kappa shape index (κ2) is 6.51. The molecule has 1 fully saturated rings. The molecule has 0 amide bonds. The summed E-state index contributed by atoms with van der Waals surface area (Å²) in [5, 5.41) is 0.535. The van der Waals surface area contributed by atoms with Crippen LogP contribution in [0.4, 0.5) is 0 Å². The van der Waals surface area contributed by atoms with Crippen molar-refractivity contribution in [1.29, 1.82) is 0 Å². The molecule has 0 unspecified atom stereocenters. The summed E-state index contributed by atoms with van der Waals surface area (Å²) < 4.78 is 5.88. The highest BCUT2D eigenvalue weighted by Gasteiger charge is 2.29. The van der Waals surface area contributed by atoms with Gasteiger partial charge in [0.1, 0.15) is 5.44 Å². The summed E-state index contributed by atoms with van der Waals surface area (Å²) in [6, 6.07) is 21.1. The molecule has 2 aromatic rings. The number of thioether (sulfide) groups is 2. The summed E-state index contributed by atoms with van der Waals surface area (Å²) in [6.07, 6.45) is 1.13. The molecular formula is C16H16OS2. The Morgan fingerprint density at radius 1 is 0.789 bits per heavy atom. The van der Waals surface area contributed by atoms with Crippen LogP contribution >= 0.6 is 23.5 Å². The van der Waals surface area contributed by atoms with E-state index in [1.54, 1.807) is 0 Å². The quantitative estimate of drug-likeness (QED) is 0.808. The first-order valence-corrected chi connectivity index (χ1v) is 8.23. The highest BCUT2D eigenvalue weighted by molar-refractivity contribution is 8.03. The third kappa shape index (κ3) is 3.56. The lowest BCUT2D eigenvalue weighted by atomic mass is 10.4. The smallest absolute Gasteiger partial charge is 0.119 e. The minimum atomic E-state index is 0.257. The van der Waals surface area contributed by atoms with E-state index in [4.69, 9.17) is 4.74 Å². The Bertz CT molecular complexity index is 453. The zero-order chi connectivity index (χ0) is 12.9. The highest BCUT2D eigenvalue weighted by atomic mass is 32.2. The zero-order valence-electron chi connectivity index (χ0n) is 10.6. The van der Waals surface area contributed by atoms with Crippen molar-refractivity contribution in [2.24, 2.45) is 0 Å². The molecule has 0 N–H and O–H groups in total. The lowest BCUT2D eigenvalue weighted by molar-refractivity contribution is 0.175. The number of hydrogen-bond acceptors (Lipinski definition) is 3. The van der Waals surface area contributed by atoms with Crippen molar-refractivity contribution < 1.29 is 4.74 Å². The summed E-state index contributed by atoms with van der Waals surface area (Å²) in [7, 11) is 0. The van der Waals surface area contributed by atoms with Crippen molar-refractivity contribution in [2.75, 3.05) is 6.61 Å². The van der Waals surface area contributed by atoms with Gasteiger partial charge in [0.2, 0.25) is 0 Å². The van der Waals surface area contributed by atoms with Crippen LogP contribution in [0.15, 0.2) is 70.5 Å². The van der Waals surface area contributed by atoms with Crippen LogP contribution in [0.1, 0.15) is 6.42 Å². The van der Waals surface area contributed by atoms with Crippen LogP contribution in [0.3, 0.4) is 0 Å². The molecule has 0 aliphatic carbocycles. The Hall–Kier alpha value is -0.900. The Balaban J connectivity index is 1.65. The third-order valence-corrected chi connectivity index (χ3v) is 5.76. The molecule has 1 saturated heterocycles. The molecule has 0 spiro atoms. The standard InChI is InChI=1S/C16H16OS2/c1-3-7-13(8-4-1)18-15-11-12-17-16(15)19-14-9-5-2-6-10-14/h1-10,15-16H,11-12H2/t15-,16+/m1/s1. The van der Waals surface area contributed by atoms with Crippen molar-refractivity contribution in [3.05, 3.63) is 60.7 Å². The van der Waals surface area contributed by atoms with Gasteiger partial charge in [-0.1, -0.05) is 48.2 Å². The molecule has 98 valence electrons. The van der Waals surface area contributed by atoms with Gasteiger partial charge in [-0.2, -0.15) is 0 Å². The predicted octanol–water partition coefficient (Wildman–Crippen LogP) is 4.69. The average Bonchev–Trinajstić information content (AvgIpc) is 2.88. The Morgan fingerprint density at radius 3 is 2.00 bits per heavy atom. The first-order chi connectivity index (χ1) is 9.42. The largest absolute Gasteiger partial charge is 0.366 e. The Labute approximate surface area is 122 Å². The molecule has 1 nitrogen and oxygen atoms in total. The van der Waals surface area contributed by atoms with Gasteiger partial charge < -0.3 is 4.74 Å². The number of ether oxygens (including phenoxy) is 1. The van der Waals surface area contributed by atoms with Crippen molar-refractivity contribution in [3.8, 4) is 0 Å². The highest BCUT2D eigenvalue weighted by Crippen LogP contribution is 2.39. The van der Waals surface area contributed by atoms with Gasteiger partial charge in [-0.25, -0.2) is 0 Å².